The number of halogens is 3. The summed E-state index contributed by atoms with van der Waals surface area (Å²) in [7, 11) is 1.24. The molecule has 32 heavy (non-hydrogen) atoms. The molecule has 1 N–H and O–H groups in total. The van der Waals surface area contributed by atoms with Crippen LogP contribution in [0.25, 0.3) is 11.1 Å². The fourth-order valence-electron chi connectivity index (χ4n) is 4.34. The van der Waals surface area contributed by atoms with E-state index in [2.05, 4.69) is 0 Å². The standard InChI is InChI=1S/C25H20F2IO4/c1-12-17(10-18(26)24(31-2)22(12)27)14-5-3-4-13(8-14)11-32-15-6-7-16-19(9-15)28-23-20(16)21(23)25(29)30/h3-10,20-21,23H,11H2,1-2H3,(H,29,30)/q-1/t20-,21-,23-/m1/s1. The molecule has 1 fully saturated rings. The first kappa shape index (κ1) is 21.2. The number of ether oxygens (including phenoxy) is 2. The third kappa shape index (κ3) is 3.52. The molecule has 5 rings (SSSR count). The fraction of sp³-hybridized carbons (Fsp3) is 0.240. The van der Waals surface area contributed by atoms with E-state index in [1.807, 2.05) is 42.5 Å². The van der Waals surface area contributed by atoms with Gasteiger partial charge in [-0.2, -0.15) is 0 Å². The summed E-state index contributed by atoms with van der Waals surface area (Å²) in [6, 6.07) is 14.6. The van der Waals surface area contributed by atoms with E-state index in [1.165, 1.54) is 22.3 Å². The number of fused-ring (bicyclic) bond motifs is 3. The van der Waals surface area contributed by atoms with Crippen molar-refractivity contribution < 1.29 is 49.4 Å². The monoisotopic (exact) mass is 549 g/mol. The van der Waals surface area contributed by atoms with Crippen molar-refractivity contribution in [2.45, 2.75) is 23.4 Å². The number of methoxy groups -OCH3 is 1. The van der Waals surface area contributed by atoms with Crippen molar-refractivity contribution in [3.05, 3.63) is 80.4 Å². The van der Waals surface area contributed by atoms with Crippen LogP contribution in [0.4, 0.5) is 8.78 Å². The van der Waals surface area contributed by atoms with Gasteiger partial charge in [-0.1, -0.05) is 0 Å². The first-order valence-electron chi connectivity index (χ1n) is 10.1. The van der Waals surface area contributed by atoms with Crippen molar-refractivity contribution in [3.8, 4) is 22.6 Å². The second-order valence-electron chi connectivity index (χ2n) is 7.99. The summed E-state index contributed by atoms with van der Waals surface area (Å²) in [5.41, 5.74) is 3.54. The molecule has 0 aromatic heterocycles. The molecule has 1 aliphatic carbocycles. The number of hydrogen-bond donors (Lipinski definition) is 1. The van der Waals surface area contributed by atoms with Gasteiger partial charge in [-0.25, -0.2) is 0 Å². The van der Waals surface area contributed by atoms with Gasteiger partial charge in [0.1, 0.15) is 0 Å². The number of carboxylic acids is 1. The molecule has 1 heterocycles. The van der Waals surface area contributed by atoms with E-state index in [-0.39, 0.29) is 38.8 Å². The molecule has 1 saturated carbocycles. The molecule has 0 bridgehead atoms. The Morgan fingerprint density at radius 3 is 2.72 bits per heavy atom. The van der Waals surface area contributed by atoms with Crippen LogP contribution in [0.3, 0.4) is 0 Å². The van der Waals surface area contributed by atoms with Crippen LogP contribution in [-0.4, -0.2) is 22.1 Å². The summed E-state index contributed by atoms with van der Waals surface area (Å²) in [6.45, 7) is 1.92. The summed E-state index contributed by atoms with van der Waals surface area (Å²) >= 11 is -0.316. The van der Waals surface area contributed by atoms with Crippen molar-refractivity contribution in [1.29, 1.82) is 0 Å². The van der Waals surface area contributed by atoms with E-state index in [4.69, 9.17) is 9.47 Å². The van der Waals surface area contributed by atoms with Gasteiger partial charge < -0.3 is 4.74 Å². The Kier molecular flexibility index (Phi) is 5.31. The maximum absolute atomic E-state index is 14.5. The minimum absolute atomic E-state index is 0.189. The molecule has 4 nitrogen and oxygen atoms in total. The van der Waals surface area contributed by atoms with E-state index in [0.29, 0.717) is 27.2 Å². The van der Waals surface area contributed by atoms with Gasteiger partial charge >= 0.3 is 183 Å². The van der Waals surface area contributed by atoms with Gasteiger partial charge in [-0.15, -0.1) is 0 Å². The van der Waals surface area contributed by atoms with Crippen molar-refractivity contribution in [3.63, 3.8) is 0 Å². The van der Waals surface area contributed by atoms with Gasteiger partial charge in [-0.05, 0) is 0 Å². The Balaban J connectivity index is 1.33. The summed E-state index contributed by atoms with van der Waals surface area (Å²) in [5, 5.41) is 9.27. The molecule has 1 aliphatic heterocycles. The Morgan fingerprint density at radius 1 is 1.16 bits per heavy atom. The molecule has 0 saturated heterocycles. The summed E-state index contributed by atoms with van der Waals surface area (Å²) in [4.78, 5) is 11.3. The van der Waals surface area contributed by atoms with Crippen LogP contribution in [-0.2, 0) is 11.4 Å². The molecule has 3 aromatic rings. The molecule has 3 aromatic carbocycles. The van der Waals surface area contributed by atoms with E-state index in [1.54, 1.807) is 6.92 Å². The number of carboxylic acid groups (broad SMARTS) is 1. The van der Waals surface area contributed by atoms with Crippen molar-refractivity contribution in [1.82, 2.24) is 0 Å². The molecule has 0 radical (unpaired) electrons. The maximum atomic E-state index is 14.5. The topological polar surface area (TPSA) is 55.8 Å². The summed E-state index contributed by atoms with van der Waals surface area (Å²) < 4.78 is 41.1. The number of carbonyl (C=O) groups is 1. The SMILES string of the molecule is COc1c(F)cc(-c2cccc(COc3ccc4c(c3)[I-][C@H]3[C@H](C(=O)O)[C@@H]43)c2)c(C)c1F. The van der Waals surface area contributed by atoms with Crippen molar-refractivity contribution in [2.24, 2.45) is 5.92 Å². The normalized spacial score (nSPS) is 20.7. The Morgan fingerprint density at radius 2 is 1.97 bits per heavy atom. The molecule has 0 amide bonds. The Labute approximate surface area is 194 Å². The fourth-order valence-corrected chi connectivity index (χ4v) is 8.62. The predicted octanol–water partition coefficient (Wildman–Crippen LogP) is 1.97. The quantitative estimate of drug-likeness (QED) is 0.378. The summed E-state index contributed by atoms with van der Waals surface area (Å²) in [6.07, 6.45) is 0. The zero-order valence-electron chi connectivity index (χ0n) is 17.4. The zero-order valence-corrected chi connectivity index (χ0v) is 19.5. The van der Waals surface area contributed by atoms with Crippen molar-refractivity contribution in [2.75, 3.05) is 7.11 Å². The first-order chi connectivity index (χ1) is 15.4. The van der Waals surface area contributed by atoms with Crippen LogP contribution >= 0.6 is 0 Å². The molecular weight excluding hydrogens is 529 g/mol. The zero-order chi connectivity index (χ0) is 22.6. The van der Waals surface area contributed by atoms with Gasteiger partial charge in [0.2, 0.25) is 0 Å². The van der Waals surface area contributed by atoms with Crippen LogP contribution in [0.2, 0.25) is 0 Å². The number of rotatable bonds is 6. The third-order valence-corrected chi connectivity index (χ3v) is 9.93. The van der Waals surface area contributed by atoms with E-state index in [9.17, 15) is 18.7 Å². The molecule has 0 unspecified atom stereocenters. The van der Waals surface area contributed by atoms with Gasteiger partial charge in [0.25, 0.3) is 0 Å². The minimum atomic E-state index is -0.739. The molecule has 3 atom stereocenters. The number of hydrogen-bond acceptors (Lipinski definition) is 3. The van der Waals surface area contributed by atoms with Crippen LogP contribution in [0.1, 0.15) is 22.6 Å². The molecule has 0 spiro atoms. The first-order valence-corrected chi connectivity index (χ1v) is 12.5. The Bertz CT molecular complexity index is 1240. The number of aliphatic carboxylic acids is 1. The Hall–Kier alpha value is -2.68. The van der Waals surface area contributed by atoms with Crippen LogP contribution in [0, 0.1) is 28.0 Å². The molecule has 166 valence electrons. The van der Waals surface area contributed by atoms with Crippen molar-refractivity contribution >= 4 is 5.97 Å². The van der Waals surface area contributed by atoms with E-state index >= 15 is 0 Å². The van der Waals surface area contributed by atoms with Gasteiger partial charge in [-0.3, -0.25) is 0 Å². The van der Waals surface area contributed by atoms with Crippen LogP contribution < -0.4 is 30.7 Å². The molecule has 2 aliphatic rings. The van der Waals surface area contributed by atoms with E-state index < -0.39 is 17.6 Å². The average molecular weight is 549 g/mol. The molecular formula is C25H20F2IO4-. The predicted molar refractivity (Wildman–Crippen MR) is 110 cm³/mol. The third-order valence-electron chi connectivity index (χ3n) is 6.06. The molecule has 7 heteroatoms. The number of benzene rings is 3. The van der Waals surface area contributed by atoms with E-state index in [0.717, 1.165) is 11.3 Å². The van der Waals surface area contributed by atoms with Gasteiger partial charge in [0.05, 0.1) is 7.11 Å². The van der Waals surface area contributed by atoms with Crippen LogP contribution in [0.15, 0.2) is 48.5 Å². The summed E-state index contributed by atoms with van der Waals surface area (Å²) in [5.74, 6) is -1.75. The van der Waals surface area contributed by atoms with Gasteiger partial charge in [0, 0.05) is 0 Å². The average Bonchev–Trinajstić information content (AvgIpc) is 3.38. The second-order valence-corrected chi connectivity index (χ2v) is 11.2. The number of alkyl halides is 1. The van der Waals surface area contributed by atoms with Gasteiger partial charge in [0.15, 0.2) is 0 Å². The second kappa shape index (κ2) is 8.03. The van der Waals surface area contributed by atoms with Crippen LogP contribution in [0.5, 0.6) is 11.5 Å².